The zero-order valence-corrected chi connectivity index (χ0v) is 21.5. The molecule has 1 aliphatic rings. The Balaban J connectivity index is 1.16. The molecule has 1 saturated heterocycles. The number of nitrogens with zero attached hydrogens (tertiary/aromatic N) is 3. The number of fused-ring (bicyclic) bond motifs is 1. The zero-order valence-electron chi connectivity index (χ0n) is 21.5. The van der Waals surface area contributed by atoms with E-state index in [1.807, 2.05) is 30.3 Å². The number of ether oxygens (including phenoxy) is 2. The number of alkyl halides is 4. The molecule has 0 bridgehead atoms. The number of aromatic nitrogens is 2. The number of alkyl carbamates (subject to hydrolysis) is 1. The topological polar surface area (TPSA) is 93.7 Å². The van der Waals surface area contributed by atoms with Gasteiger partial charge in [-0.25, -0.2) is 19.2 Å². The first-order chi connectivity index (χ1) is 19.7. The molecular weight excluding hydrogens is 544 g/mol. The van der Waals surface area contributed by atoms with Crippen LogP contribution in [-0.2, 0) is 17.5 Å². The van der Waals surface area contributed by atoms with Crippen molar-refractivity contribution in [3.8, 4) is 11.6 Å². The lowest BCUT2D eigenvalue weighted by atomic mass is 10.1. The molecule has 4 aromatic rings. The Labute approximate surface area is 231 Å². The maximum Gasteiger partial charge on any atom is 0.417 e. The second kappa shape index (κ2) is 11.8. The fourth-order valence-electron chi connectivity index (χ4n) is 4.36. The summed E-state index contributed by atoms with van der Waals surface area (Å²) in [5.74, 6) is -0.733. The highest BCUT2D eigenvalue weighted by molar-refractivity contribution is 5.95. The second-order valence-electron chi connectivity index (χ2n) is 9.46. The van der Waals surface area contributed by atoms with Crippen molar-refractivity contribution in [3.63, 3.8) is 0 Å². The number of nitrogens with one attached hydrogen (secondary N) is 1. The molecular formula is C29H24F4N4O4. The van der Waals surface area contributed by atoms with Gasteiger partial charge in [0.15, 0.2) is 0 Å². The Kier molecular flexibility index (Phi) is 7.99. The first kappa shape index (κ1) is 27.8. The van der Waals surface area contributed by atoms with Crippen molar-refractivity contribution in [2.24, 2.45) is 5.92 Å². The van der Waals surface area contributed by atoms with E-state index >= 15 is 0 Å². The molecule has 0 saturated carbocycles. The summed E-state index contributed by atoms with van der Waals surface area (Å²) in [7, 11) is 0. The minimum absolute atomic E-state index is 0.0135. The van der Waals surface area contributed by atoms with Crippen molar-refractivity contribution in [3.05, 3.63) is 95.8 Å². The predicted molar refractivity (Wildman–Crippen MR) is 140 cm³/mol. The summed E-state index contributed by atoms with van der Waals surface area (Å²) in [5, 5.41) is 3.18. The minimum Gasteiger partial charge on any atom is -0.445 e. The average molecular weight is 569 g/mol. The highest BCUT2D eigenvalue weighted by atomic mass is 19.4. The van der Waals surface area contributed by atoms with Gasteiger partial charge >= 0.3 is 12.3 Å². The van der Waals surface area contributed by atoms with E-state index in [-0.39, 0.29) is 37.8 Å². The Bertz CT molecular complexity index is 1530. The number of carbonyl (C=O) groups is 2. The van der Waals surface area contributed by atoms with Crippen molar-refractivity contribution in [1.82, 2.24) is 20.2 Å². The van der Waals surface area contributed by atoms with E-state index in [0.29, 0.717) is 22.8 Å². The molecule has 0 spiro atoms. The quantitative estimate of drug-likeness (QED) is 0.284. The van der Waals surface area contributed by atoms with E-state index in [9.17, 15) is 27.2 Å². The van der Waals surface area contributed by atoms with E-state index in [1.54, 1.807) is 24.3 Å². The molecule has 8 nitrogen and oxygen atoms in total. The third-order valence-corrected chi connectivity index (χ3v) is 6.54. The lowest BCUT2D eigenvalue weighted by molar-refractivity contribution is -0.137. The number of benzene rings is 2. The number of hydrogen-bond donors (Lipinski definition) is 1. The van der Waals surface area contributed by atoms with Gasteiger partial charge < -0.3 is 19.7 Å². The van der Waals surface area contributed by atoms with Crippen LogP contribution in [0.5, 0.6) is 11.6 Å². The largest absolute Gasteiger partial charge is 0.445 e. The number of hydrogen-bond acceptors (Lipinski definition) is 6. The van der Waals surface area contributed by atoms with Crippen molar-refractivity contribution in [2.45, 2.75) is 19.0 Å². The van der Waals surface area contributed by atoms with Crippen LogP contribution in [0.4, 0.5) is 22.4 Å². The van der Waals surface area contributed by atoms with E-state index in [4.69, 9.17) is 9.47 Å². The van der Waals surface area contributed by atoms with E-state index < -0.39 is 35.8 Å². The molecule has 2 unspecified atom stereocenters. The van der Waals surface area contributed by atoms with Crippen molar-refractivity contribution in [1.29, 1.82) is 0 Å². The van der Waals surface area contributed by atoms with E-state index in [1.165, 1.54) is 11.0 Å². The highest BCUT2D eigenvalue weighted by Crippen LogP contribution is 2.31. The Morgan fingerprint density at radius 2 is 1.80 bits per heavy atom. The van der Waals surface area contributed by atoms with Crippen LogP contribution in [0.3, 0.4) is 0 Å². The van der Waals surface area contributed by atoms with E-state index in [0.717, 1.165) is 17.7 Å². The molecule has 5 rings (SSSR count). The third kappa shape index (κ3) is 6.89. The summed E-state index contributed by atoms with van der Waals surface area (Å²) >= 11 is 0. The van der Waals surface area contributed by atoms with Gasteiger partial charge in [-0.05, 0) is 35.9 Å². The number of amides is 2. The van der Waals surface area contributed by atoms with E-state index in [2.05, 4.69) is 15.3 Å². The van der Waals surface area contributed by atoms with Gasteiger partial charge in [0.05, 0.1) is 17.6 Å². The first-order valence-electron chi connectivity index (χ1n) is 12.7. The number of carbonyl (C=O) groups excluding carboxylic acids is 2. The molecule has 0 aliphatic carbocycles. The second-order valence-corrected chi connectivity index (χ2v) is 9.46. The van der Waals surface area contributed by atoms with Gasteiger partial charge in [-0.2, -0.15) is 13.2 Å². The van der Waals surface area contributed by atoms with Gasteiger partial charge in [0.1, 0.15) is 24.2 Å². The van der Waals surface area contributed by atoms with Gasteiger partial charge in [0, 0.05) is 36.7 Å². The normalized spacial score (nSPS) is 16.9. The zero-order chi connectivity index (χ0) is 29.0. The van der Waals surface area contributed by atoms with Crippen molar-refractivity contribution < 1.29 is 36.6 Å². The summed E-state index contributed by atoms with van der Waals surface area (Å²) in [6, 6.07) is 19.1. The third-order valence-electron chi connectivity index (χ3n) is 6.54. The van der Waals surface area contributed by atoms with Gasteiger partial charge in [0.2, 0.25) is 5.88 Å². The molecule has 2 aromatic carbocycles. The number of pyridine rings is 2. The van der Waals surface area contributed by atoms with Crippen molar-refractivity contribution in [2.75, 3.05) is 19.6 Å². The molecule has 2 atom stereocenters. The minimum atomic E-state index is -4.50. The van der Waals surface area contributed by atoms with Crippen LogP contribution in [-0.4, -0.2) is 52.7 Å². The summed E-state index contributed by atoms with van der Waals surface area (Å²) in [6.07, 6.45) is -5.80. The first-order valence-corrected chi connectivity index (χ1v) is 12.7. The highest BCUT2D eigenvalue weighted by Gasteiger charge is 2.36. The molecule has 212 valence electrons. The monoisotopic (exact) mass is 568 g/mol. The lowest BCUT2D eigenvalue weighted by Gasteiger charge is -2.16. The lowest BCUT2D eigenvalue weighted by Crippen LogP contribution is -2.34. The number of halogens is 4. The number of rotatable bonds is 7. The average Bonchev–Trinajstić information content (AvgIpc) is 3.34. The van der Waals surface area contributed by atoms with Gasteiger partial charge in [-0.3, -0.25) is 4.79 Å². The molecule has 0 radical (unpaired) electrons. The molecule has 1 aliphatic heterocycles. The SMILES string of the molecule is O=C(NCC1CN(C(=O)c2ccc3cc(Oc4ccc(C(F)(F)F)cn4)ccc3n2)CC1F)OCc1ccccc1. The molecule has 2 aromatic heterocycles. The number of likely N-dealkylation sites (tertiary alicyclic amines) is 1. The smallest absolute Gasteiger partial charge is 0.417 e. The van der Waals surface area contributed by atoms with Crippen LogP contribution in [0, 0.1) is 5.92 Å². The van der Waals surface area contributed by atoms with Gasteiger partial charge in [0.25, 0.3) is 5.91 Å². The maximum atomic E-state index is 14.7. The fourth-order valence-corrected chi connectivity index (χ4v) is 4.36. The van der Waals surface area contributed by atoms with Crippen LogP contribution >= 0.6 is 0 Å². The van der Waals surface area contributed by atoms with Crippen LogP contribution < -0.4 is 10.1 Å². The summed E-state index contributed by atoms with van der Waals surface area (Å²) in [4.78, 5) is 34.5. The summed E-state index contributed by atoms with van der Waals surface area (Å²) in [6.45, 7) is 0.0803. The fraction of sp³-hybridized carbons (Fsp3) is 0.241. The van der Waals surface area contributed by atoms with Crippen LogP contribution in [0.15, 0.2) is 79.0 Å². The standard InChI is InChI=1S/C29H24F4N4O4/c30-23-16-37(15-20(23)13-35-28(39)40-17-18-4-2-1-3-5-18)27(38)25-9-6-19-12-22(8-10-24(19)36-25)41-26-11-7-21(14-34-26)29(31,32)33/h1-12,14,20,23H,13,15-17H2,(H,35,39). The summed E-state index contributed by atoms with van der Waals surface area (Å²) in [5.41, 5.74) is 0.537. The Morgan fingerprint density at radius 1 is 1.00 bits per heavy atom. The molecule has 2 amide bonds. The van der Waals surface area contributed by atoms with Gasteiger partial charge in [-0.1, -0.05) is 36.4 Å². The van der Waals surface area contributed by atoms with Crippen molar-refractivity contribution >= 4 is 22.9 Å². The molecule has 1 N–H and O–H groups in total. The molecule has 12 heteroatoms. The van der Waals surface area contributed by atoms with Crippen LogP contribution in [0.1, 0.15) is 21.6 Å². The molecule has 3 heterocycles. The van der Waals surface area contributed by atoms with Crippen LogP contribution in [0.2, 0.25) is 0 Å². The summed E-state index contributed by atoms with van der Waals surface area (Å²) < 4.78 is 63.6. The predicted octanol–water partition coefficient (Wildman–Crippen LogP) is 5.78. The van der Waals surface area contributed by atoms with Crippen LogP contribution in [0.25, 0.3) is 10.9 Å². The molecule has 1 fully saturated rings. The Morgan fingerprint density at radius 3 is 2.54 bits per heavy atom. The van der Waals surface area contributed by atoms with Gasteiger partial charge in [-0.15, -0.1) is 0 Å². The molecule has 41 heavy (non-hydrogen) atoms. The maximum absolute atomic E-state index is 14.7. The Hall–Kier alpha value is -4.74.